The number of rotatable bonds is 4. The second-order valence-electron chi connectivity index (χ2n) is 3.31. The van der Waals surface area contributed by atoms with E-state index >= 15 is 0 Å². The summed E-state index contributed by atoms with van der Waals surface area (Å²) < 4.78 is 0. The summed E-state index contributed by atoms with van der Waals surface area (Å²) in [6, 6.07) is 0.810. The van der Waals surface area contributed by atoms with Gasteiger partial charge in [0, 0.05) is 25.7 Å². The molecule has 0 bridgehead atoms. The van der Waals surface area contributed by atoms with Gasteiger partial charge in [-0.25, -0.2) is 0 Å². The van der Waals surface area contributed by atoms with Gasteiger partial charge in [-0.1, -0.05) is 0 Å². The zero-order valence-electron chi connectivity index (χ0n) is 7.27. The summed E-state index contributed by atoms with van der Waals surface area (Å²) >= 11 is 0. The fourth-order valence-corrected chi connectivity index (χ4v) is 1.26. The molecule has 0 amide bonds. The minimum Gasteiger partial charge on any atom is -0.355 e. The summed E-state index contributed by atoms with van der Waals surface area (Å²) in [6.07, 6.45) is 2.72. The molecule has 0 spiro atoms. The molecule has 0 aromatic carbocycles. The number of aliphatic imine (C=N–C) groups is 1. The van der Waals surface area contributed by atoms with Crippen LogP contribution in [0.2, 0.25) is 0 Å². The van der Waals surface area contributed by atoms with E-state index in [-0.39, 0.29) is 0 Å². The molecule has 2 rings (SSSR count). The Bertz CT molecular complexity index is 174. The van der Waals surface area contributed by atoms with E-state index in [0.29, 0.717) is 0 Å². The molecule has 0 aromatic rings. The Morgan fingerprint density at radius 1 is 1.42 bits per heavy atom. The second kappa shape index (κ2) is 3.76. The Morgan fingerprint density at radius 3 is 3.00 bits per heavy atom. The second-order valence-corrected chi connectivity index (χ2v) is 3.31. The quantitative estimate of drug-likeness (QED) is 0.486. The first-order valence-electron chi connectivity index (χ1n) is 4.71. The molecule has 1 heterocycles. The molecule has 3 N–H and O–H groups in total. The van der Waals surface area contributed by atoms with E-state index in [1.165, 1.54) is 12.8 Å². The molecule has 1 aliphatic heterocycles. The number of hydrogen-bond donors (Lipinski definition) is 3. The van der Waals surface area contributed by atoms with Gasteiger partial charge in [-0.3, -0.25) is 4.99 Å². The fraction of sp³-hybridized carbons (Fsp3) is 0.875. The van der Waals surface area contributed by atoms with Crippen LogP contribution in [0.25, 0.3) is 0 Å². The van der Waals surface area contributed by atoms with E-state index < -0.39 is 0 Å². The SMILES string of the molecule is C1CNC(NCCNC2CC2)=N1. The molecule has 1 saturated carbocycles. The molecule has 12 heavy (non-hydrogen) atoms. The topological polar surface area (TPSA) is 48.4 Å². The first-order chi connectivity index (χ1) is 5.95. The molecule has 4 heteroatoms. The highest BCUT2D eigenvalue weighted by atomic mass is 15.2. The third kappa shape index (κ3) is 2.37. The van der Waals surface area contributed by atoms with Crippen LogP contribution in [0, 0.1) is 0 Å². The minimum absolute atomic E-state index is 0.810. The van der Waals surface area contributed by atoms with E-state index in [1.54, 1.807) is 0 Å². The van der Waals surface area contributed by atoms with Crippen LogP contribution < -0.4 is 16.0 Å². The molecule has 2 aliphatic rings. The maximum absolute atomic E-state index is 4.23. The van der Waals surface area contributed by atoms with E-state index in [4.69, 9.17) is 0 Å². The zero-order valence-corrected chi connectivity index (χ0v) is 7.27. The van der Waals surface area contributed by atoms with Gasteiger partial charge in [0.1, 0.15) is 0 Å². The molecular formula is C8H16N4. The van der Waals surface area contributed by atoms with Crippen molar-refractivity contribution in [1.29, 1.82) is 0 Å². The van der Waals surface area contributed by atoms with Gasteiger partial charge in [0.2, 0.25) is 0 Å². The lowest BCUT2D eigenvalue weighted by Gasteiger charge is -2.06. The number of nitrogens with one attached hydrogen (secondary N) is 3. The van der Waals surface area contributed by atoms with Crippen LogP contribution in [0.5, 0.6) is 0 Å². The Morgan fingerprint density at radius 2 is 2.33 bits per heavy atom. The average molecular weight is 168 g/mol. The lowest BCUT2D eigenvalue weighted by molar-refractivity contribution is 0.664. The van der Waals surface area contributed by atoms with Gasteiger partial charge >= 0.3 is 0 Å². The summed E-state index contributed by atoms with van der Waals surface area (Å²) in [5.74, 6) is 0.965. The maximum Gasteiger partial charge on any atom is 0.191 e. The van der Waals surface area contributed by atoms with Crippen molar-refractivity contribution < 1.29 is 0 Å². The highest BCUT2D eigenvalue weighted by Crippen LogP contribution is 2.17. The summed E-state index contributed by atoms with van der Waals surface area (Å²) in [6.45, 7) is 3.92. The molecule has 0 radical (unpaired) electrons. The molecule has 1 fully saturated rings. The summed E-state index contributed by atoms with van der Waals surface area (Å²) in [5.41, 5.74) is 0. The van der Waals surface area contributed by atoms with Crippen molar-refractivity contribution >= 4 is 5.96 Å². The molecule has 0 saturated heterocycles. The van der Waals surface area contributed by atoms with Crippen molar-refractivity contribution in [3.8, 4) is 0 Å². The van der Waals surface area contributed by atoms with Crippen LogP contribution >= 0.6 is 0 Å². The summed E-state index contributed by atoms with van der Waals surface area (Å²) in [4.78, 5) is 4.23. The van der Waals surface area contributed by atoms with Gasteiger partial charge in [0.15, 0.2) is 5.96 Å². The highest BCUT2D eigenvalue weighted by Gasteiger charge is 2.19. The first kappa shape index (κ1) is 7.86. The first-order valence-corrected chi connectivity index (χ1v) is 4.71. The smallest absolute Gasteiger partial charge is 0.191 e. The van der Waals surface area contributed by atoms with E-state index in [1.807, 2.05) is 0 Å². The Hall–Kier alpha value is -0.770. The predicted octanol–water partition coefficient (Wildman–Crippen LogP) is -0.713. The van der Waals surface area contributed by atoms with Gasteiger partial charge < -0.3 is 16.0 Å². The van der Waals surface area contributed by atoms with Crippen molar-refractivity contribution in [3.63, 3.8) is 0 Å². The van der Waals surface area contributed by atoms with Gasteiger partial charge in [-0.2, -0.15) is 0 Å². The number of nitrogens with zero attached hydrogens (tertiary/aromatic N) is 1. The van der Waals surface area contributed by atoms with Crippen LogP contribution in [0.15, 0.2) is 4.99 Å². The van der Waals surface area contributed by atoms with Gasteiger partial charge in [0.25, 0.3) is 0 Å². The van der Waals surface area contributed by atoms with Crippen LogP contribution in [-0.2, 0) is 0 Å². The van der Waals surface area contributed by atoms with Crippen LogP contribution in [0.1, 0.15) is 12.8 Å². The lowest BCUT2D eigenvalue weighted by Crippen LogP contribution is -2.38. The van der Waals surface area contributed by atoms with Crippen molar-refractivity contribution in [1.82, 2.24) is 16.0 Å². The molecule has 0 aromatic heterocycles. The van der Waals surface area contributed by atoms with E-state index in [2.05, 4.69) is 20.9 Å². The predicted molar refractivity (Wildman–Crippen MR) is 49.3 cm³/mol. The monoisotopic (exact) mass is 168 g/mol. The Balaban J connectivity index is 1.49. The third-order valence-corrected chi connectivity index (χ3v) is 2.10. The molecular weight excluding hydrogens is 152 g/mol. The van der Waals surface area contributed by atoms with Crippen molar-refractivity contribution in [2.45, 2.75) is 18.9 Å². The Kier molecular flexibility index (Phi) is 2.46. The molecule has 1 aliphatic carbocycles. The van der Waals surface area contributed by atoms with Crippen LogP contribution in [0.4, 0.5) is 0 Å². The lowest BCUT2D eigenvalue weighted by atomic mass is 10.5. The Labute approximate surface area is 72.8 Å². The molecule has 68 valence electrons. The normalized spacial score (nSPS) is 21.8. The van der Waals surface area contributed by atoms with E-state index in [9.17, 15) is 0 Å². The fourth-order valence-electron chi connectivity index (χ4n) is 1.26. The van der Waals surface area contributed by atoms with Crippen molar-refractivity contribution in [2.75, 3.05) is 26.2 Å². The maximum atomic E-state index is 4.23. The zero-order chi connectivity index (χ0) is 8.23. The minimum atomic E-state index is 0.810. The standard InChI is InChI=1S/C8H16N4/c1-2-7(1)9-3-4-10-8-11-5-6-12-8/h7,9H,1-6H2,(H2,10,11,12). The largest absolute Gasteiger partial charge is 0.355 e. The average Bonchev–Trinajstić information content (AvgIpc) is 2.76. The third-order valence-electron chi connectivity index (χ3n) is 2.10. The summed E-state index contributed by atoms with van der Waals surface area (Å²) in [7, 11) is 0. The van der Waals surface area contributed by atoms with Crippen molar-refractivity contribution in [3.05, 3.63) is 0 Å². The van der Waals surface area contributed by atoms with Gasteiger partial charge in [-0.05, 0) is 12.8 Å². The highest BCUT2D eigenvalue weighted by molar-refractivity contribution is 5.81. The van der Waals surface area contributed by atoms with E-state index in [0.717, 1.165) is 38.2 Å². The summed E-state index contributed by atoms with van der Waals surface area (Å²) in [5, 5.41) is 9.85. The molecule has 0 unspecified atom stereocenters. The van der Waals surface area contributed by atoms with Crippen LogP contribution in [0.3, 0.4) is 0 Å². The number of guanidine groups is 1. The number of hydrogen-bond acceptors (Lipinski definition) is 4. The van der Waals surface area contributed by atoms with Gasteiger partial charge in [-0.15, -0.1) is 0 Å². The molecule has 4 nitrogen and oxygen atoms in total. The van der Waals surface area contributed by atoms with Crippen molar-refractivity contribution in [2.24, 2.45) is 4.99 Å². The molecule has 0 atom stereocenters. The van der Waals surface area contributed by atoms with Gasteiger partial charge in [0.05, 0.1) is 6.54 Å². The van der Waals surface area contributed by atoms with Crippen LogP contribution in [-0.4, -0.2) is 38.2 Å².